The van der Waals surface area contributed by atoms with Gasteiger partial charge < -0.3 is 15.0 Å². The van der Waals surface area contributed by atoms with E-state index >= 15 is 0 Å². The summed E-state index contributed by atoms with van der Waals surface area (Å²) in [5.41, 5.74) is 9.39. The van der Waals surface area contributed by atoms with Crippen molar-refractivity contribution in [1.82, 2.24) is 14.5 Å². The van der Waals surface area contributed by atoms with Crippen molar-refractivity contribution < 1.29 is 4.74 Å². The van der Waals surface area contributed by atoms with Crippen molar-refractivity contribution in [1.29, 1.82) is 0 Å². The molecule has 0 atom stereocenters. The summed E-state index contributed by atoms with van der Waals surface area (Å²) in [7, 11) is 0. The Morgan fingerprint density at radius 3 is 2.85 bits per heavy atom. The van der Waals surface area contributed by atoms with Gasteiger partial charge in [-0.3, -0.25) is 4.90 Å². The number of hydrogen-bond donors (Lipinski definition) is 1. The number of aromatic nitrogens is 2. The minimum atomic E-state index is 0.618. The van der Waals surface area contributed by atoms with Crippen molar-refractivity contribution in [2.24, 2.45) is 0 Å². The van der Waals surface area contributed by atoms with E-state index in [9.17, 15) is 0 Å². The molecule has 2 N–H and O–H groups in total. The van der Waals surface area contributed by atoms with Gasteiger partial charge in [0.25, 0.3) is 0 Å². The van der Waals surface area contributed by atoms with Crippen LogP contribution in [0.15, 0.2) is 18.2 Å². The Bertz CT molecular complexity index is 587. The highest BCUT2D eigenvalue weighted by Gasteiger charge is 2.11. The molecule has 0 saturated carbocycles. The molecule has 0 unspecified atom stereocenters. The van der Waals surface area contributed by atoms with Crippen molar-refractivity contribution in [3.05, 3.63) is 23.8 Å². The molecule has 2 heterocycles. The van der Waals surface area contributed by atoms with Gasteiger partial charge in [-0.2, -0.15) is 0 Å². The number of rotatable bonds is 4. The van der Waals surface area contributed by atoms with Crippen LogP contribution in [-0.4, -0.2) is 47.3 Å². The van der Waals surface area contributed by atoms with E-state index in [1.54, 1.807) is 0 Å². The first kappa shape index (κ1) is 13.4. The van der Waals surface area contributed by atoms with Crippen LogP contribution in [0, 0.1) is 6.92 Å². The van der Waals surface area contributed by atoms with Gasteiger partial charge in [0.1, 0.15) is 0 Å². The number of nitrogens with zero attached hydrogens (tertiary/aromatic N) is 3. The van der Waals surface area contributed by atoms with Crippen LogP contribution in [0.5, 0.6) is 0 Å². The number of aryl methyl sites for hydroxylation is 2. The maximum absolute atomic E-state index is 6.04. The second-order valence-corrected chi connectivity index (χ2v) is 5.42. The zero-order valence-corrected chi connectivity index (χ0v) is 12.0. The molecule has 108 valence electrons. The second-order valence-electron chi connectivity index (χ2n) is 5.42. The molecule has 5 heteroatoms. The Hall–Kier alpha value is -1.59. The summed E-state index contributed by atoms with van der Waals surface area (Å²) in [6.45, 7) is 7.88. The first-order valence-corrected chi connectivity index (χ1v) is 7.26. The zero-order valence-electron chi connectivity index (χ0n) is 12.0. The Labute approximate surface area is 119 Å². The monoisotopic (exact) mass is 274 g/mol. The number of ether oxygens (including phenoxy) is 1. The average molecular weight is 274 g/mol. The zero-order chi connectivity index (χ0) is 13.9. The largest absolute Gasteiger partial charge is 0.379 e. The summed E-state index contributed by atoms with van der Waals surface area (Å²) < 4.78 is 7.48. The molecule has 20 heavy (non-hydrogen) atoms. The van der Waals surface area contributed by atoms with E-state index in [2.05, 4.69) is 39.6 Å². The number of fused-ring (bicyclic) bond motifs is 1. The number of morpholine rings is 1. The van der Waals surface area contributed by atoms with Crippen LogP contribution < -0.4 is 5.73 Å². The van der Waals surface area contributed by atoms with Crippen molar-refractivity contribution >= 4 is 17.0 Å². The third kappa shape index (κ3) is 2.78. The molecule has 0 bridgehead atoms. The molecule has 3 rings (SSSR count). The van der Waals surface area contributed by atoms with Gasteiger partial charge in [0.15, 0.2) is 0 Å². The highest BCUT2D eigenvalue weighted by Crippen LogP contribution is 2.19. The predicted molar refractivity (Wildman–Crippen MR) is 80.8 cm³/mol. The molecule has 1 aromatic carbocycles. The van der Waals surface area contributed by atoms with Gasteiger partial charge in [-0.1, -0.05) is 6.07 Å². The molecule has 0 spiro atoms. The normalized spacial score (nSPS) is 16.9. The first-order chi connectivity index (χ1) is 9.74. The highest BCUT2D eigenvalue weighted by atomic mass is 16.5. The fraction of sp³-hybridized carbons (Fsp3) is 0.533. The number of nitrogens with two attached hydrogens (primary N) is 1. The van der Waals surface area contributed by atoms with E-state index in [4.69, 9.17) is 10.5 Å². The lowest BCUT2D eigenvalue weighted by Crippen LogP contribution is -2.37. The Morgan fingerprint density at radius 2 is 2.05 bits per heavy atom. The lowest BCUT2D eigenvalue weighted by molar-refractivity contribution is 0.0370. The molecule has 1 saturated heterocycles. The van der Waals surface area contributed by atoms with Gasteiger partial charge in [-0.05, 0) is 31.0 Å². The topological polar surface area (TPSA) is 56.3 Å². The molecule has 0 radical (unpaired) electrons. The van der Waals surface area contributed by atoms with Gasteiger partial charge in [0, 0.05) is 26.2 Å². The quantitative estimate of drug-likeness (QED) is 0.921. The Kier molecular flexibility index (Phi) is 3.89. The molecule has 1 aromatic heterocycles. The lowest BCUT2D eigenvalue weighted by atomic mass is 10.2. The van der Waals surface area contributed by atoms with Crippen LogP contribution in [0.25, 0.3) is 11.0 Å². The van der Waals surface area contributed by atoms with Crippen molar-refractivity contribution in [3.8, 4) is 0 Å². The smallest absolute Gasteiger partial charge is 0.201 e. The molecular weight excluding hydrogens is 252 g/mol. The van der Waals surface area contributed by atoms with Crippen molar-refractivity contribution in [2.45, 2.75) is 19.9 Å². The minimum absolute atomic E-state index is 0.618. The van der Waals surface area contributed by atoms with Crippen molar-refractivity contribution in [3.63, 3.8) is 0 Å². The molecule has 1 aliphatic rings. The van der Waals surface area contributed by atoms with Crippen LogP contribution in [0.4, 0.5) is 5.95 Å². The third-order valence-corrected chi connectivity index (χ3v) is 3.89. The molecule has 0 aliphatic carbocycles. The lowest BCUT2D eigenvalue weighted by Gasteiger charge is -2.26. The van der Waals surface area contributed by atoms with Crippen LogP contribution >= 0.6 is 0 Å². The molecular formula is C15H22N4O. The summed E-state index contributed by atoms with van der Waals surface area (Å²) in [4.78, 5) is 6.89. The van der Waals surface area contributed by atoms with Gasteiger partial charge in [-0.15, -0.1) is 0 Å². The highest BCUT2D eigenvalue weighted by molar-refractivity contribution is 5.79. The van der Waals surface area contributed by atoms with E-state index in [0.717, 1.165) is 56.8 Å². The number of hydrogen-bond acceptors (Lipinski definition) is 4. The molecule has 1 fully saturated rings. The summed E-state index contributed by atoms with van der Waals surface area (Å²) >= 11 is 0. The molecule has 5 nitrogen and oxygen atoms in total. The third-order valence-electron chi connectivity index (χ3n) is 3.89. The van der Waals surface area contributed by atoms with Crippen LogP contribution in [-0.2, 0) is 11.3 Å². The number of anilines is 1. The molecule has 0 amide bonds. The van der Waals surface area contributed by atoms with E-state index in [0.29, 0.717) is 5.95 Å². The van der Waals surface area contributed by atoms with E-state index in [-0.39, 0.29) is 0 Å². The van der Waals surface area contributed by atoms with Gasteiger partial charge in [0.2, 0.25) is 5.95 Å². The van der Waals surface area contributed by atoms with Gasteiger partial charge in [0.05, 0.1) is 24.2 Å². The van der Waals surface area contributed by atoms with Gasteiger partial charge >= 0.3 is 0 Å². The van der Waals surface area contributed by atoms with Crippen LogP contribution in [0.1, 0.15) is 12.0 Å². The number of benzene rings is 1. The maximum atomic E-state index is 6.04. The predicted octanol–water partition coefficient (Wildman–Crippen LogP) is 1.65. The van der Waals surface area contributed by atoms with E-state index in [1.807, 2.05) is 0 Å². The second kappa shape index (κ2) is 5.81. The number of nitrogen functional groups attached to an aromatic ring is 1. The maximum Gasteiger partial charge on any atom is 0.201 e. The fourth-order valence-corrected chi connectivity index (χ4v) is 2.77. The first-order valence-electron chi connectivity index (χ1n) is 7.26. The Balaban J connectivity index is 1.66. The van der Waals surface area contributed by atoms with Gasteiger partial charge in [-0.25, -0.2) is 4.98 Å². The number of imidazole rings is 1. The standard InChI is InChI=1S/C15H22N4O/c1-12-3-4-14-13(11-12)17-15(16)19(14)6-2-5-18-7-9-20-10-8-18/h3-4,11H,2,5-10H2,1H3,(H2,16,17). The van der Waals surface area contributed by atoms with E-state index in [1.165, 1.54) is 5.56 Å². The average Bonchev–Trinajstić information content (AvgIpc) is 2.75. The fourth-order valence-electron chi connectivity index (χ4n) is 2.77. The summed E-state index contributed by atoms with van der Waals surface area (Å²) in [6.07, 6.45) is 1.09. The summed E-state index contributed by atoms with van der Waals surface area (Å²) in [5, 5.41) is 0. The summed E-state index contributed by atoms with van der Waals surface area (Å²) in [6, 6.07) is 6.31. The molecule has 2 aromatic rings. The van der Waals surface area contributed by atoms with E-state index < -0.39 is 0 Å². The summed E-state index contributed by atoms with van der Waals surface area (Å²) in [5.74, 6) is 0.618. The van der Waals surface area contributed by atoms with Crippen LogP contribution in [0.2, 0.25) is 0 Å². The minimum Gasteiger partial charge on any atom is -0.379 e. The molecule has 1 aliphatic heterocycles. The van der Waals surface area contributed by atoms with Crippen LogP contribution in [0.3, 0.4) is 0 Å². The van der Waals surface area contributed by atoms with Crippen molar-refractivity contribution in [2.75, 3.05) is 38.6 Å². The SMILES string of the molecule is Cc1ccc2c(c1)nc(N)n2CCCN1CCOCC1. The Morgan fingerprint density at radius 1 is 1.25 bits per heavy atom.